The molecule has 2 saturated heterocycles. The third-order valence-corrected chi connectivity index (χ3v) is 2.81. The minimum absolute atomic E-state index is 0.0192. The smallest absolute Gasteiger partial charge is 0.186 e. The van der Waals surface area contributed by atoms with Crippen LogP contribution in [-0.4, -0.2) is 65.8 Å². The van der Waals surface area contributed by atoms with Crippen molar-refractivity contribution in [2.75, 3.05) is 19.8 Å². The maximum Gasteiger partial charge on any atom is 0.186 e. The molecule has 2 fully saturated rings. The van der Waals surface area contributed by atoms with Crippen molar-refractivity contribution < 1.29 is 29.5 Å². The maximum atomic E-state index is 9.54. The molecule has 0 aliphatic carbocycles. The second-order valence-electron chi connectivity index (χ2n) is 4.22. The highest BCUT2D eigenvalue weighted by molar-refractivity contribution is 4.82. The molecule has 0 spiro atoms. The van der Waals surface area contributed by atoms with E-state index in [1.807, 2.05) is 0 Å². The van der Waals surface area contributed by atoms with Gasteiger partial charge in [-0.2, -0.15) is 0 Å². The lowest BCUT2D eigenvalue weighted by Crippen LogP contribution is -2.53. The minimum Gasteiger partial charge on any atom is -0.388 e. The normalized spacial score (nSPS) is 43.3. The molecular weight excluding hydrogens is 216 g/mol. The monoisotopic (exact) mass is 234 g/mol. The van der Waals surface area contributed by atoms with E-state index in [4.69, 9.17) is 14.2 Å². The summed E-state index contributed by atoms with van der Waals surface area (Å²) in [6, 6.07) is 0. The SMILES string of the molecule is OC1COC(OCCCC2CO2)C(O)C1O. The Morgan fingerprint density at radius 1 is 1.06 bits per heavy atom. The van der Waals surface area contributed by atoms with Gasteiger partial charge in [-0.1, -0.05) is 0 Å². The molecule has 0 radical (unpaired) electrons. The van der Waals surface area contributed by atoms with Crippen molar-refractivity contribution in [3.05, 3.63) is 0 Å². The highest BCUT2D eigenvalue weighted by Gasteiger charge is 2.38. The first-order chi connectivity index (χ1) is 7.68. The Morgan fingerprint density at radius 2 is 1.81 bits per heavy atom. The second-order valence-corrected chi connectivity index (χ2v) is 4.22. The number of rotatable bonds is 5. The maximum absolute atomic E-state index is 9.54. The molecule has 2 rings (SSSR count). The van der Waals surface area contributed by atoms with Gasteiger partial charge in [0.2, 0.25) is 0 Å². The van der Waals surface area contributed by atoms with Gasteiger partial charge in [-0.25, -0.2) is 0 Å². The van der Waals surface area contributed by atoms with Crippen LogP contribution in [0.1, 0.15) is 12.8 Å². The molecule has 2 heterocycles. The molecule has 0 aromatic heterocycles. The zero-order valence-electron chi connectivity index (χ0n) is 8.99. The van der Waals surface area contributed by atoms with Gasteiger partial charge in [0.05, 0.1) is 19.3 Å². The van der Waals surface area contributed by atoms with Crippen LogP contribution in [0.25, 0.3) is 0 Å². The first-order valence-electron chi connectivity index (χ1n) is 5.57. The van der Waals surface area contributed by atoms with E-state index in [1.54, 1.807) is 0 Å². The van der Waals surface area contributed by atoms with Gasteiger partial charge < -0.3 is 29.5 Å². The van der Waals surface area contributed by atoms with E-state index in [0.717, 1.165) is 19.4 Å². The first-order valence-corrected chi connectivity index (χ1v) is 5.57. The fourth-order valence-electron chi connectivity index (χ4n) is 1.67. The van der Waals surface area contributed by atoms with Crippen LogP contribution in [0.15, 0.2) is 0 Å². The Labute approximate surface area is 93.7 Å². The number of hydrogen-bond donors (Lipinski definition) is 3. The molecule has 2 aliphatic rings. The second kappa shape index (κ2) is 5.39. The molecule has 6 heteroatoms. The van der Waals surface area contributed by atoms with Gasteiger partial charge in [-0.15, -0.1) is 0 Å². The molecule has 6 nitrogen and oxygen atoms in total. The van der Waals surface area contributed by atoms with Crippen molar-refractivity contribution in [2.24, 2.45) is 0 Å². The van der Waals surface area contributed by atoms with Gasteiger partial charge in [-0.05, 0) is 12.8 Å². The topological polar surface area (TPSA) is 91.7 Å². The van der Waals surface area contributed by atoms with E-state index in [0.29, 0.717) is 12.7 Å². The van der Waals surface area contributed by atoms with E-state index in [-0.39, 0.29) is 6.61 Å². The summed E-state index contributed by atoms with van der Waals surface area (Å²) in [6.07, 6.45) is -2.16. The van der Waals surface area contributed by atoms with Crippen molar-refractivity contribution in [2.45, 2.75) is 43.5 Å². The van der Waals surface area contributed by atoms with Crippen molar-refractivity contribution in [1.82, 2.24) is 0 Å². The first kappa shape index (κ1) is 12.2. The van der Waals surface area contributed by atoms with Gasteiger partial charge >= 0.3 is 0 Å². The number of epoxide rings is 1. The van der Waals surface area contributed by atoms with E-state index in [9.17, 15) is 15.3 Å². The van der Waals surface area contributed by atoms with Gasteiger partial charge in [0.25, 0.3) is 0 Å². The van der Waals surface area contributed by atoms with Crippen LogP contribution in [0.2, 0.25) is 0 Å². The average molecular weight is 234 g/mol. The summed E-state index contributed by atoms with van der Waals surface area (Å²) in [4.78, 5) is 0. The molecule has 3 N–H and O–H groups in total. The lowest BCUT2D eigenvalue weighted by atomic mass is 10.1. The lowest BCUT2D eigenvalue weighted by molar-refractivity contribution is -0.270. The summed E-state index contributed by atoms with van der Waals surface area (Å²) in [5.74, 6) is 0. The summed E-state index contributed by atoms with van der Waals surface area (Å²) in [5.41, 5.74) is 0. The Bertz CT molecular complexity index is 219. The molecule has 94 valence electrons. The molecule has 16 heavy (non-hydrogen) atoms. The molecule has 0 saturated carbocycles. The highest BCUT2D eigenvalue weighted by Crippen LogP contribution is 2.18. The number of aliphatic hydroxyl groups excluding tert-OH is 3. The quantitative estimate of drug-likeness (QED) is 0.401. The zero-order valence-corrected chi connectivity index (χ0v) is 8.99. The Balaban J connectivity index is 1.63. The van der Waals surface area contributed by atoms with Gasteiger partial charge in [0.1, 0.15) is 18.3 Å². The third kappa shape index (κ3) is 3.13. The average Bonchev–Trinajstić information content (AvgIpc) is 3.08. The summed E-state index contributed by atoms with van der Waals surface area (Å²) in [7, 11) is 0. The summed E-state index contributed by atoms with van der Waals surface area (Å²) in [6.45, 7) is 1.26. The summed E-state index contributed by atoms with van der Waals surface area (Å²) < 4.78 is 15.4. The van der Waals surface area contributed by atoms with Crippen molar-refractivity contribution in [1.29, 1.82) is 0 Å². The molecule has 0 aromatic carbocycles. The molecule has 0 aromatic rings. The van der Waals surface area contributed by atoms with Gasteiger partial charge in [-0.3, -0.25) is 0 Å². The zero-order chi connectivity index (χ0) is 11.5. The van der Waals surface area contributed by atoms with E-state index >= 15 is 0 Å². The Kier molecular flexibility index (Phi) is 4.12. The largest absolute Gasteiger partial charge is 0.388 e. The van der Waals surface area contributed by atoms with E-state index in [1.165, 1.54) is 0 Å². The number of ether oxygens (including phenoxy) is 3. The van der Waals surface area contributed by atoms with Crippen LogP contribution in [0.4, 0.5) is 0 Å². The van der Waals surface area contributed by atoms with Crippen molar-refractivity contribution in [3.63, 3.8) is 0 Å². The van der Waals surface area contributed by atoms with Crippen molar-refractivity contribution in [3.8, 4) is 0 Å². The molecule has 0 bridgehead atoms. The Hall–Kier alpha value is -0.240. The van der Waals surface area contributed by atoms with Crippen molar-refractivity contribution >= 4 is 0 Å². The van der Waals surface area contributed by atoms with Crippen LogP contribution in [0, 0.1) is 0 Å². The molecule has 0 amide bonds. The lowest BCUT2D eigenvalue weighted by Gasteiger charge is -2.34. The minimum atomic E-state index is -1.20. The van der Waals surface area contributed by atoms with Crippen LogP contribution < -0.4 is 0 Å². The summed E-state index contributed by atoms with van der Waals surface area (Å²) >= 11 is 0. The fourth-order valence-corrected chi connectivity index (χ4v) is 1.67. The fraction of sp³-hybridized carbons (Fsp3) is 1.00. The van der Waals surface area contributed by atoms with E-state index < -0.39 is 24.6 Å². The molecular formula is C10H18O6. The number of aliphatic hydroxyl groups is 3. The molecule has 5 unspecified atom stereocenters. The van der Waals surface area contributed by atoms with Crippen LogP contribution >= 0.6 is 0 Å². The predicted octanol–water partition coefficient (Wildman–Crippen LogP) is -1.38. The van der Waals surface area contributed by atoms with Crippen LogP contribution in [0.3, 0.4) is 0 Å². The standard InChI is InChI=1S/C10H18O6/c11-7-5-16-10(9(13)8(7)12)14-3-1-2-6-4-15-6/h6-13H,1-5H2. The van der Waals surface area contributed by atoms with Crippen LogP contribution in [0.5, 0.6) is 0 Å². The third-order valence-electron chi connectivity index (χ3n) is 2.81. The highest BCUT2D eigenvalue weighted by atomic mass is 16.7. The van der Waals surface area contributed by atoms with Gasteiger partial charge in [0, 0.05) is 6.61 Å². The predicted molar refractivity (Wildman–Crippen MR) is 52.7 cm³/mol. The van der Waals surface area contributed by atoms with Crippen LogP contribution in [-0.2, 0) is 14.2 Å². The molecule has 2 aliphatic heterocycles. The Morgan fingerprint density at radius 3 is 2.50 bits per heavy atom. The van der Waals surface area contributed by atoms with E-state index in [2.05, 4.69) is 0 Å². The van der Waals surface area contributed by atoms with Gasteiger partial charge in [0.15, 0.2) is 6.29 Å². The molecule has 5 atom stereocenters. The summed E-state index contributed by atoms with van der Waals surface area (Å²) in [5, 5.41) is 28.1. The number of hydrogen-bond acceptors (Lipinski definition) is 6.